The van der Waals surface area contributed by atoms with Crippen LogP contribution in [-0.2, 0) is 11.8 Å². The Bertz CT molecular complexity index is 280. The predicted molar refractivity (Wildman–Crippen MR) is 58.5 cm³/mol. The first-order valence-electron chi connectivity index (χ1n) is 5.48. The third kappa shape index (κ3) is 3.04. The molecule has 0 aliphatic rings. The fourth-order valence-electron chi connectivity index (χ4n) is 1.70. The van der Waals surface area contributed by atoms with Crippen LogP contribution in [-0.4, -0.2) is 27.6 Å². The second-order valence-corrected chi connectivity index (χ2v) is 3.61. The minimum absolute atomic E-state index is 0.129. The van der Waals surface area contributed by atoms with E-state index in [1.54, 1.807) is 10.9 Å². The number of aromatic nitrogens is 2. The van der Waals surface area contributed by atoms with E-state index in [-0.39, 0.29) is 6.10 Å². The van der Waals surface area contributed by atoms with Crippen LogP contribution in [0.15, 0.2) is 12.3 Å². The third-order valence-electron chi connectivity index (χ3n) is 2.47. The number of rotatable bonds is 6. The van der Waals surface area contributed by atoms with Gasteiger partial charge in [-0.2, -0.15) is 5.10 Å². The molecule has 0 aliphatic carbocycles. The van der Waals surface area contributed by atoms with Gasteiger partial charge in [-0.05, 0) is 19.4 Å². The monoisotopic (exact) mass is 212 g/mol. The summed E-state index contributed by atoms with van der Waals surface area (Å²) in [5.41, 5.74) is 0.807. The van der Waals surface area contributed by atoms with Crippen molar-refractivity contribution >= 4 is 0 Å². The van der Waals surface area contributed by atoms with Crippen molar-refractivity contribution in [3.8, 4) is 0 Å². The van der Waals surface area contributed by atoms with Gasteiger partial charge in [0.05, 0.1) is 11.8 Å². The zero-order valence-electron chi connectivity index (χ0n) is 9.68. The van der Waals surface area contributed by atoms with Gasteiger partial charge in [-0.15, -0.1) is 0 Å². The maximum absolute atomic E-state index is 10.1. The van der Waals surface area contributed by atoms with Gasteiger partial charge >= 0.3 is 0 Å². The smallest absolute Gasteiger partial charge is 0.122 e. The molecular weight excluding hydrogens is 192 g/mol. The Labute approximate surface area is 90.9 Å². The van der Waals surface area contributed by atoms with Crippen molar-refractivity contribution in [3.05, 3.63) is 18.0 Å². The Morgan fingerprint density at radius 3 is 2.73 bits per heavy atom. The lowest BCUT2D eigenvalue weighted by Gasteiger charge is -2.22. The number of hydrogen-bond donors (Lipinski definition) is 1. The molecule has 1 N–H and O–H groups in total. The van der Waals surface area contributed by atoms with Crippen molar-refractivity contribution in [2.24, 2.45) is 7.05 Å². The normalized spacial score (nSPS) is 15.2. The van der Waals surface area contributed by atoms with Gasteiger partial charge in [0.1, 0.15) is 6.10 Å². The highest BCUT2D eigenvalue weighted by Crippen LogP contribution is 2.21. The fraction of sp³-hybridized carbons (Fsp3) is 0.727. The summed E-state index contributed by atoms with van der Waals surface area (Å²) < 4.78 is 7.22. The summed E-state index contributed by atoms with van der Waals surface area (Å²) in [6.07, 6.45) is 2.83. The number of aryl methyl sites for hydroxylation is 1. The van der Waals surface area contributed by atoms with Crippen LogP contribution in [0.2, 0.25) is 0 Å². The zero-order chi connectivity index (χ0) is 11.3. The molecule has 0 aliphatic heterocycles. The van der Waals surface area contributed by atoms with Crippen LogP contribution in [0.25, 0.3) is 0 Å². The molecule has 0 aromatic carbocycles. The summed E-state index contributed by atoms with van der Waals surface area (Å²) in [6.45, 7) is 4.65. The van der Waals surface area contributed by atoms with E-state index >= 15 is 0 Å². The van der Waals surface area contributed by atoms with Crippen molar-refractivity contribution in [3.63, 3.8) is 0 Å². The molecule has 0 saturated heterocycles. The van der Waals surface area contributed by atoms with Crippen molar-refractivity contribution in [1.82, 2.24) is 9.78 Å². The molecule has 1 aromatic rings. The highest BCUT2D eigenvalue weighted by atomic mass is 16.5. The van der Waals surface area contributed by atoms with Crippen molar-refractivity contribution < 1.29 is 9.84 Å². The molecule has 4 nitrogen and oxygen atoms in total. The van der Waals surface area contributed by atoms with Crippen LogP contribution in [0.5, 0.6) is 0 Å². The van der Waals surface area contributed by atoms with Gasteiger partial charge < -0.3 is 9.84 Å². The van der Waals surface area contributed by atoms with E-state index in [4.69, 9.17) is 4.74 Å². The van der Waals surface area contributed by atoms with Gasteiger partial charge in [-0.1, -0.05) is 13.3 Å². The molecule has 15 heavy (non-hydrogen) atoms. The molecule has 2 unspecified atom stereocenters. The largest absolute Gasteiger partial charge is 0.384 e. The lowest BCUT2D eigenvalue weighted by atomic mass is 10.1. The lowest BCUT2D eigenvalue weighted by Crippen LogP contribution is -2.24. The van der Waals surface area contributed by atoms with Crippen LogP contribution >= 0.6 is 0 Å². The van der Waals surface area contributed by atoms with Gasteiger partial charge in [0, 0.05) is 19.9 Å². The van der Waals surface area contributed by atoms with E-state index in [0.717, 1.165) is 18.5 Å². The minimum atomic E-state index is -0.586. The highest BCUT2D eigenvalue weighted by molar-refractivity contribution is 5.05. The molecule has 4 heteroatoms. The lowest BCUT2D eigenvalue weighted by molar-refractivity contribution is -0.0416. The first kappa shape index (κ1) is 12.2. The summed E-state index contributed by atoms with van der Waals surface area (Å²) in [7, 11) is 1.83. The molecule has 0 amide bonds. The predicted octanol–water partition coefficient (Wildman–Crippen LogP) is 1.66. The number of ether oxygens (including phenoxy) is 1. The third-order valence-corrected chi connectivity index (χ3v) is 2.47. The van der Waals surface area contributed by atoms with E-state index in [2.05, 4.69) is 12.0 Å². The summed E-state index contributed by atoms with van der Waals surface area (Å²) in [5, 5.41) is 14.2. The summed E-state index contributed by atoms with van der Waals surface area (Å²) in [4.78, 5) is 0. The maximum Gasteiger partial charge on any atom is 0.122 e. The van der Waals surface area contributed by atoms with E-state index in [1.165, 1.54) is 0 Å². The quantitative estimate of drug-likeness (QED) is 0.780. The van der Waals surface area contributed by atoms with Crippen LogP contribution in [0, 0.1) is 0 Å². The average molecular weight is 212 g/mol. The molecule has 0 radical (unpaired) electrons. The molecule has 0 fully saturated rings. The molecule has 1 rings (SSSR count). The van der Waals surface area contributed by atoms with Gasteiger partial charge in [0.15, 0.2) is 0 Å². The minimum Gasteiger partial charge on any atom is -0.384 e. The van der Waals surface area contributed by atoms with E-state index in [9.17, 15) is 5.11 Å². The Kier molecular flexibility index (Phi) is 4.78. The average Bonchev–Trinajstić information content (AvgIpc) is 2.63. The molecule has 86 valence electrons. The summed E-state index contributed by atoms with van der Waals surface area (Å²) >= 11 is 0. The standard InChI is InChI=1S/C11H20N2O2/c1-4-6-10(15-5-2)11(14)9-7-8-12-13(9)3/h7-8,10-11,14H,4-6H2,1-3H3. The zero-order valence-corrected chi connectivity index (χ0v) is 9.68. The van der Waals surface area contributed by atoms with Crippen LogP contribution in [0.4, 0.5) is 0 Å². The van der Waals surface area contributed by atoms with Gasteiger partial charge in [0.25, 0.3) is 0 Å². The Morgan fingerprint density at radius 2 is 2.27 bits per heavy atom. The fourth-order valence-corrected chi connectivity index (χ4v) is 1.70. The summed E-state index contributed by atoms with van der Waals surface area (Å²) in [5.74, 6) is 0. The Morgan fingerprint density at radius 1 is 1.53 bits per heavy atom. The number of hydrogen-bond acceptors (Lipinski definition) is 3. The van der Waals surface area contributed by atoms with Crippen molar-refractivity contribution in [2.75, 3.05) is 6.61 Å². The second-order valence-electron chi connectivity index (χ2n) is 3.61. The van der Waals surface area contributed by atoms with Gasteiger partial charge in [-0.3, -0.25) is 4.68 Å². The van der Waals surface area contributed by atoms with Crippen LogP contribution < -0.4 is 0 Å². The van der Waals surface area contributed by atoms with Crippen molar-refractivity contribution in [1.29, 1.82) is 0 Å². The molecule has 1 aromatic heterocycles. The van der Waals surface area contributed by atoms with E-state index in [1.807, 2.05) is 20.0 Å². The molecule has 0 spiro atoms. The maximum atomic E-state index is 10.1. The van der Waals surface area contributed by atoms with E-state index < -0.39 is 6.10 Å². The van der Waals surface area contributed by atoms with Gasteiger partial charge in [0.2, 0.25) is 0 Å². The van der Waals surface area contributed by atoms with Crippen molar-refractivity contribution in [2.45, 2.75) is 38.9 Å². The molecular formula is C11H20N2O2. The number of aliphatic hydroxyl groups is 1. The first-order chi connectivity index (χ1) is 7.20. The number of aliphatic hydroxyl groups excluding tert-OH is 1. The number of nitrogens with zero attached hydrogens (tertiary/aromatic N) is 2. The second kappa shape index (κ2) is 5.88. The SMILES string of the molecule is CCCC(OCC)C(O)c1ccnn1C. The molecule has 0 saturated carbocycles. The van der Waals surface area contributed by atoms with E-state index in [0.29, 0.717) is 6.61 Å². The molecule has 0 bridgehead atoms. The van der Waals surface area contributed by atoms with Crippen LogP contribution in [0.1, 0.15) is 38.5 Å². The first-order valence-corrected chi connectivity index (χ1v) is 5.48. The molecule has 1 heterocycles. The van der Waals surface area contributed by atoms with Gasteiger partial charge in [-0.25, -0.2) is 0 Å². The Hall–Kier alpha value is -0.870. The topological polar surface area (TPSA) is 47.3 Å². The summed E-state index contributed by atoms with van der Waals surface area (Å²) in [6, 6.07) is 1.83. The molecule has 2 atom stereocenters. The Balaban J connectivity index is 2.71. The van der Waals surface area contributed by atoms with Crippen LogP contribution in [0.3, 0.4) is 0 Å². The highest BCUT2D eigenvalue weighted by Gasteiger charge is 2.22.